The number of aliphatic carboxylic acids is 1. The Bertz CT molecular complexity index is 397. The van der Waals surface area contributed by atoms with Gasteiger partial charge in [0.05, 0.1) is 12.1 Å². The van der Waals surface area contributed by atoms with Gasteiger partial charge in [0.25, 0.3) is 0 Å². The second-order valence-corrected chi connectivity index (χ2v) is 5.18. The molecule has 0 aromatic rings. The zero-order valence-corrected chi connectivity index (χ0v) is 10.3. The molecule has 0 aromatic heterocycles. The van der Waals surface area contributed by atoms with Crippen molar-refractivity contribution in [2.75, 3.05) is 12.3 Å². The van der Waals surface area contributed by atoms with E-state index in [0.29, 0.717) is 5.92 Å². The Balaban J connectivity index is 2.09. The minimum Gasteiger partial charge on any atom is -0.478 e. The van der Waals surface area contributed by atoms with Gasteiger partial charge in [0, 0.05) is 11.8 Å². The predicted octanol–water partition coefficient (Wildman–Crippen LogP) is 1.54. The largest absolute Gasteiger partial charge is 0.478 e. The summed E-state index contributed by atoms with van der Waals surface area (Å²) in [7, 11) is 0. The van der Waals surface area contributed by atoms with Crippen molar-refractivity contribution in [2.24, 2.45) is 5.92 Å². The number of hydrogen-bond acceptors (Lipinski definition) is 3. The third-order valence-corrected chi connectivity index (χ3v) is 4.10. The quantitative estimate of drug-likeness (QED) is 0.783. The van der Waals surface area contributed by atoms with Crippen LogP contribution in [-0.2, 0) is 9.59 Å². The number of amides is 1. The zero-order chi connectivity index (χ0) is 12.3. The lowest BCUT2D eigenvalue weighted by Crippen LogP contribution is -2.27. The fraction of sp³-hybridized carbons (Fsp3) is 0.500. The Kier molecular flexibility index (Phi) is 3.89. The summed E-state index contributed by atoms with van der Waals surface area (Å²) in [5.41, 5.74) is 1.38. The van der Waals surface area contributed by atoms with Gasteiger partial charge in [0.1, 0.15) is 0 Å². The van der Waals surface area contributed by atoms with Crippen LogP contribution in [0.5, 0.6) is 0 Å². The highest BCUT2D eigenvalue weighted by molar-refractivity contribution is 8.02. The maximum Gasteiger partial charge on any atom is 0.333 e. The topological polar surface area (TPSA) is 66.4 Å². The van der Waals surface area contributed by atoms with Gasteiger partial charge in [-0.2, -0.15) is 0 Å². The average molecular weight is 253 g/mol. The Morgan fingerprint density at radius 1 is 1.47 bits per heavy atom. The SMILES string of the molecule is O=C1/C=C(/C2CCC2)CS/C=C(/C(=O)O)CN1. The second kappa shape index (κ2) is 5.40. The van der Waals surface area contributed by atoms with Crippen LogP contribution < -0.4 is 5.32 Å². The number of rotatable bonds is 2. The van der Waals surface area contributed by atoms with Gasteiger partial charge < -0.3 is 10.4 Å². The Hall–Kier alpha value is -1.23. The van der Waals surface area contributed by atoms with E-state index in [4.69, 9.17) is 5.11 Å². The van der Waals surface area contributed by atoms with E-state index in [1.807, 2.05) is 0 Å². The average Bonchev–Trinajstić information content (AvgIpc) is 2.26. The van der Waals surface area contributed by atoms with E-state index in [2.05, 4.69) is 5.32 Å². The number of carbonyl (C=O) groups is 2. The molecular weight excluding hydrogens is 238 g/mol. The number of hydrogen-bond donors (Lipinski definition) is 2. The molecule has 1 aliphatic heterocycles. The summed E-state index contributed by atoms with van der Waals surface area (Å²) in [6.45, 7) is 0.0929. The van der Waals surface area contributed by atoms with Gasteiger partial charge in [0.2, 0.25) is 5.91 Å². The Morgan fingerprint density at radius 3 is 2.82 bits per heavy atom. The number of carboxylic acids is 1. The van der Waals surface area contributed by atoms with Gasteiger partial charge >= 0.3 is 5.97 Å². The Morgan fingerprint density at radius 2 is 2.24 bits per heavy atom. The summed E-state index contributed by atoms with van der Waals surface area (Å²) in [5.74, 6) is 0.0916. The van der Waals surface area contributed by atoms with Crippen molar-refractivity contribution in [2.45, 2.75) is 19.3 Å². The molecule has 1 heterocycles. The van der Waals surface area contributed by atoms with Crippen LogP contribution in [0.4, 0.5) is 0 Å². The number of carboxylic acid groups (broad SMARTS) is 1. The first-order valence-corrected chi connectivity index (χ1v) is 6.74. The summed E-state index contributed by atoms with van der Waals surface area (Å²) >= 11 is 1.46. The van der Waals surface area contributed by atoms with Crippen LogP contribution in [0.2, 0.25) is 0 Å². The highest BCUT2D eigenvalue weighted by Crippen LogP contribution is 2.35. The fourth-order valence-corrected chi connectivity index (χ4v) is 2.84. The minimum atomic E-state index is -0.968. The fourth-order valence-electron chi connectivity index (χ4n) is 1.86. The minimum absolute atomic E-state index is 0.0929. The van der Waals surface area contributed by atoms with E-state index in [-0.39, 0.29) is 18.0 Å². The highest BCUT2D eigenvalue weighted by Gasteiger charge is 2.23. The van der Waals surface area contributed by atoms with Gasteiger partial charge in [-0.3, -0.25) is 4.79 Å². The molecule has 0 bridgehead atoms. The molecule has 17 heavy (non-hydrogen) atoms. The standard InChI is InChI=1S/C12H15NO3S/c14-11-4-9(8-2-1-3-8)6-17-7-10(5-13-11)12(15)16/h4,7-8H,1-3,5-6H2,(H,13,14)(H,15,16)/b9-4+,10-7+. The van der Waals surface area contributed by atoms with Gasteiger partial charge in [-0.15, -0.1) is 11.8 Å². The monoisotopic (exact) mass is 253 g/mol. The predicted molar refractivity (Wildman–Crippen MR) is 66.6 cm³/mol. The van der Waals surface area contributed by atoms with Crippen LogP contribution in [0.15, 0.2) is 22.6 Å². The molecule has 2 rings (SSSR count). The Labute approximate surface area is 104 Å². The van der Waals surface area contributed by atoms with E-state index < -0.39 is 5.97 Å². The smallest absolute Gasteiger partial charge is 0.333 e. The van der Waals surface area contributed by atoms with Crippen LogP contribution in [0.25, 0.3) is 0 Å². The second-order valence-electron chi connectivity index (χ2n) is 4.32. The molecule has 0 radical (unpaired) electrons. The maximum atomic E-state index is 11.6. The molecule has 0 unspecified atom stereocenters. The lowest BCUT2D eigenvalue weighted by atomic mass is 9.80. The molecule has 1 fully saturated rings. The summed E-state index contributed by atoms with van der Waals surface area (Å²) in [4.78, 5) is 22.5. The van der Waals surface area contributed by atoms with Crippen LogP contribution >= 0.6 is 11.8 Å². The lowest BCUT2D eigenvalue weighted by molar-refractivity contribution is -0.132. The van der Waals surface area contributed by atoms with E-state index in [0.717, 1.165) is 24.2 Å². The third-order valence-electron chi connectivity index (χ3n) is 3.15. The number of thioether (sulfide) groups is 1. The summed E-state index contributed by atoms with van der Waals surface area (Å²) < 4.78 is 0. The first-order chi connectivity index (χ1) is 8.16. The first kappa shape index (κ1) is 12.2. The van der Waals surface area contributed by atoms with Crippen LogP contribution in [0.1, 0.15) is 19.3 Å². The highest BCUT2D eigenvalue weighted by atomic mass is 32.2. The lowest BCUT2D eigenvalue weighted by Gasteiger charge is -2.27. The van der Waals surface area contributed by atoms with Crippen molar-refractivity contribution < 1.29 is 14.7 Å². The normalized spacial score (nSPS) is 28.4. The molecule has 0 saturated heterocycles. The van der Waals surface area contributed by atoms with Crippen LogP contribution in [-0.4, -0.2) is 29.3 Å². The van der Waals surface area contributed by atoms with Gasteiger partial charge in [0.15, 0.2) is 0 Å². The molecule has 1 amide bonds. The van der Waals surface area contributed by atoms with Gasteiger partial charge in [-0.1, -0.05) is 12.0 Å². The molecule has 0 spiro atoms. The molecule has 92 valence electrons. The molecule has 0 atom stereocenters. The number of carbonyl (C=O) groups excluding carboxylic acids is 1. The molecule has 4 nitrogen and oxygen atoms in total. The summed E-state index contributed by atoms with van der Waals surface area (Å²) in [5, 5.41) is 13.2. The first-order valence-electron chi connectivity index (χ1n) is 5.69. The van der Waals surface area contributed by atoms with E-state index in [1.54, 1.807) is 11.5 Å². The third kappa shape index (κ3) is 3.12. The van der Waals surface area contributed by atoms with Crippen LogP contribution in [0, 0.1) is 5.92 Å². The van der Waals surface area contributed by atoms with Gasteiger partial charge in [-0.05, 0) is 24.2 Å². The van der Waals surface area contributed by atoms with Crippen molar-refractivity contribution in [1.82, 2.24) is 5.32 Å². The maximum absolute atomic E-state index is 11.6. The molecule has 1 aliphatic carbocycles. The van der Waals surface area contributed by atoms with Crippen molar-refractivity contribution in [1.29, 1.82) is 0 Å². The van der Waals surface area contributed by atoms with Crippen molar-refractivity contribution in [3.05, 3.63) is 22.6 Å². The number of nitrogens with one attached hydrogen (secondary N) is 1. The van der Waals surface area contributed by atoms with E-state index >= 15 is 0 Å². The van der Waals surface area contributed by atoms with Crippen molar-refractivity contribution in [3.8, 4) is 0 Å². The molecule has 2 N–H and O–H groups in total. The molecule has 5 heteroatoms. The molecule has 0 aromatic carbocycles. The summed E-state index contributed by atoms with van der Waals surface area (Å²) in [6.07, 6.45) is 5.17. The molecule has 2 aliphatic rings. The van der Waals surface area contributed by atoms with E-state index in [9.17, 15) is 9.59 Å². The molecular formula is C12H15NO3S. The zero-order valence-electron chi connectivity index (χ0n) is 9.44. The van der Waals surface area contributed by atoms with Gasteiger partial charge in [-0.25, -0.2) is 4.79 Å². The van der Waals surface area contributed by atoms with E-state index in [1.165, 1.54) is 18.2 Å². The van der Waals surface area contributed by atoms with Crippen LogP contribution in [0.3, 0.4) is 0 Å². The van der Waals surface area contributed by atoms with Crippen molar-refractivity contribution in [3.63, 3.8) is 0 Å². The molecule has 1 saturated carbocycles. The van der Waals surface area contributed by atoms with Crippen molar-refractivity contribution >= 4 is 23.6 Å². The summed E-state index contributed by atoms with van der Waals surface area (Å²) in [6, 6.07) is 0.